The lowest BCUT2D eigenvalue weighted by atomic mass is 9.94. The molecule has 7 heteroatoms. The van der Waals surface area contributed by atoms with Crippen molar-refractivity contribution in [3.8, 4) is 5.75 Å². The molecular formula is C27H30N2O3S2. The van der Waals surface area contributed by atoms with Crippen LogP contribution in [0.3, 0.4) is 0 Å². The van der Waals surface area contributed by atoms with Crippen molar-refractivity contribution in [2.24, 2.45) is 0 Å². The minimum Gasteiger partial charge on any atom is -0.484 e. The van der Waals surface area contributed by atoms with E-state index < -0.39 is 0 Å². The molecule has 0 aromatic heterocycles. The van der Waals surface area contributed by atoms with Crippen molar-refractivity contribution in [2.45, 2.75) is 57.9 Å². The van der Waals surface area contributed by atoms with E-state index in [4.69, 9.17) is 17.0 Å². The van der Waals surface area contributed by atoms with E-state index in [1.807, 2.05) is 59.5 Å². The van der Waals surface area contributed by atoms with E-state index in [0.717, 1.165) is 42.5 Å². The highest BCUT2D eigenvalue weighted by molar-refractivity contribution is 8.26. The number of benzene rings is 2. The topological polar surface area (TPSA) is 58.6 Å². The summed E-state index contributed by atoms with van der Waals surface area (Å²) >= 11 is 6.89. The molecule has 1 heterocycles. The van der Waals surface area contributed by atoms with Gasteiger partial charge in [-0.15, -0.1) is 0 Å². The molecular weight excluding hydrogens is 464 g/mol. The fraction of sp³-hybridized carbons (Fsp3) is 0.370. The monoisotopic (exact) mass is 494 g/mol. The lowest BCUT2D eigenvalue weighted by Gasteiger charge is -2.29. The summed E-state index contributed by atoms with van der Waals surface area (Å²) < 4.78 is 6.33. The van der Waals surface area contributed by atoms with Gasteiger partial charge in [0.15, 0.2) is 6.61 Å². The molecule has 2 aromatic carbocycles. The number of anilines is 1. The predicted molar refractivity (Wildman–Crippen MR) is 143 cm³/mol. The van der Waals surface area contributed by atoms with Crippen molar-refractivity contribution in [3.63, 3.8) is 0 Å². The number of amides is 2. The van der Waals surface area contributed by atoms with E-state index in [1.54, 1.807) is 0 Å². The molecule has 2 amide bonds. The molecule has 0 unspecified atom stereocenters. The molecule has 1 saturated heterocycles. The van der Waals surface area contributed by atoms with E-state index in [2.05, 4.69) is 19.2 Å². The molecule has 0 spiro atoms. The van der Waals surface area contributed by atoms with Crippen LogP contribution in [-0.4, -0.2) is 33.7 Å². The highest BCUT2D eigenvalue weighted by Gasteiger charge is 2.37. The highest BCUT2D eigenvalue weighted by atomic mass is 32.2. The Morgan fingerprint density at radius 3 is 2.56 bits per heavy atom. The van der Waals surface area contributed by atoms with Crippen LogP contribution in [-0.2, 0) is 9.59 Å². The summed E-state index contributed by atoms with van der Waals surface area (Å²) in [6.45, 7) is 4.11. The number of nitrogens with zero attached hydrogens (tertiary/aromatic N) is 1. The fourth-order valence-electron chi connectivity index (χ4n) is 4.39. The van der Waals surface area contributed by atoms with Crippen LogP contribution in [0.2, 0.25) is 0 Å². The predicted octanol–water partition coefficient (Wildman–Crippen LogP) is 6.36. The number of nitrogens with one attached hydrogen (secondary N) is 1. The van der Waals surface area contributed by atoms with Gasteiger partial charge in [0, 0.05) is 11.7 Å². The van der Waals surface area contributed by atoms with Crippen molar-refractivity contribution >= 4 is 51.9 Å². The Morgan fingerprint density at radius 2 is 1.85 bits per heavy atom. The van der Waals surface area contributed by atoms with E-state index in [-0.39, 0.29) is 24.5 Å². The lowest BCUT2D eigenvalue weighted by molar-refractivity contribution is -0.124. The van der Waals surface area contributed by atoms with Gasteiger partial charge in [0.05, 0.1) is 4.91 Å². The second kappa shape index (κ2) is 11.2. The van der Waals surface area contributed by atoms with Gasteiger partial charge >= 0.3 is 0 Å². The average Bonchev–Trinajstić information content (AvgIpc) is 3.12. The minimum absolute atomic E-state index is 0.0144. The smallest absolute Gasteiger partial charge is 0.266 e. The molecule has 4 rings (SSSR count). The third-order valence-electron chi connectivity index (χ3n) is 6.17. The lowest BCUT2D eigenvalue weighted by Crippen LogP contribution is -2.39. The molecule has 2 aliphatic rings. The van der Waals surface area contributed by atoms with Crippen molar-refractivity contribution in [1.29, 1.82) is 0 Å². The second-order valence-electron chi connectivity index (χ2n) is 8.99. The first-order valence-electron chi connectivity index (χ1n) is 11.8. The summed E-state index contributed by atoms with van der Waals surface area (Å²) in [4.78, 5) is 27.8. The summed E-state index contributed by atoms with van der Waals surface area (Å²) in [6, 6.07) is 15.4. The number of ether oxygens (including phenoxy) is 1. The Hall–Kier alpha value is -2.64. The van der Waals surface area contributed by atoms with Crippen LogP contribution >= 0.6 is 24.0 Å². The van der Waals surface area contributed by atoms with Crippen molar-refractivity contribution in [2.75, 3.05) is 11.9 Å². The molecule has 2 fully saturated rings. The molecule has 1 aliphatic heterocycles. The van der Waals surface area contributed by atoms with Gasteiger partial charge in [0.2, 0.25) is 0 Å². The SMILES string of the molecule is CC(C)c1ccccc1NC(=O)COc1ccc(/C=C2\SC(=S)N(C3CCCCC3)C2=O)cc1. The van der Waals surface area contributed by atoms with Gasteiger partial charge in [-0.2, -0.15) is 0 Å². The Kier molecular flexibility index (Phi) is 8.06. The summed E-state index contributed by atoms with van der Waals surface area (Å²) in [7, 11) is 0. The van der Waals surface area contributed by atoms with E-state index in [1.165, 1.54) is 18.2 Å². The molecule has 178 valence electrons. The van der Waals surface area contributed by atoms with Crippen LogP contribution in [0.25, 0.3) is 6.08 Å². The van der Waals surface area contributed by atoms with Gasteiger partial charge in [-0.05, 0) is 54.2 Å². The zero-order valence-corrected chi connectivity index (χ0v) is 21.2. The number of carbonyl (C=O) groups is 2. The van der Waals surface area contributed by atoms with Crippen molar-refractivity contribution < 1.29 is 14.3 Å². The van der Waals surface area contributed by atoms with Crippen LogP contribution < -0.4 is 10.1 Å². The zero-order chi connectivity index (χ0) is 24.1. The summed E-state index contributed by atoms with van der Waals surface area (Å²) in [6.07, 6.45) is 7.49. The normalized spacial score (nSPS) is 18.1. The molecule has 0 atom stereocenters. The maximum atomic E-state index is 13.0. The number of para-hydroxylation sites is 1. The Balaban J connectivity index is 1.34. The average molecular weight is 495 g/mol. The number of carbonyl (C=O) groups excluding carboxylic acids is 2. The van der Waals surface area contributed by atoms with E-state index in [0.29, 0.717) is 20.9 Å². The van der Waals surface area contributed by atoms with Gasteiger partial charge in [0.25, 0.3) is 11.8 Å². The van der Waals surface area contributed by atoms with Crippen LogP contribution in [0.5, 0.6) is 5.75 Å². The Labute approximate surface area is 210 Å². The first-order chi connectivity index (χ1) is 16.4. The summed E-state index contributed by atoms with van der Waals surface area (Å²) in [5.74, 6) is 0.719. The Bertz CT molecular complexity index is 1090. The van der Waals surface area contributed by atoms with Crippen LogP contribution in [0.1, 0.15) is 63.0 Å². The molecule has 5 nitrogen and oxygen atoms in total. The van der Waals surface area contributed by atoms with E-state index in [9.17, 15) is 9.59 Å². The number of hydrogen-bond acceptors (Lipinski definition) is 5. The summed E-state index contributed by atoms with van der Waals surface area (Å²) in [5.41, 5.74) is 2.80. The number of thioether (sulfide) groups is 1. The van der Waals surface area contributed by atoms with E-state index >= 15 is 0 Å². The van der Waals surface area contributed by atoms with Crippen LogP contribution in [0.4, 0.5) is 5.69 Å². The number of rotatable bonds is 7. The molecule has 0 radical (unpaired) electrons. The van der Waals surface area contributed by atoms with Crippen LogP contribution in [0.15, 0.2) is 53.4 Å². The fourth-order valence-corrected chi connectivity index (χ4v) is 5.80. The minimum atomic E-state index is -0.205. The zero-order valence-electron chi connectivity index (χ0n) is 19.6. The summed E-state index contributed by atoms with van der Waals surface area (Å²) in [5, 5.41) is 2.93. The maximum absolute atomic E-state index is 13.0. The first-order valence-corrected chi connectivity index (χ1v) is 13.0. The van der Waals surface area contributed by atoms with Gasteiger partial charge in [-0.25, -0.2) is 0 Å². The number of hydrogen-bond donors (Lipinski definition) is 1. The quantitative estimate of drug-likeness (QED) is 0.358. The third kappa shape index (κ3) is 5.88. The highest BCUT2D eigenvalue weighted by Crippen LogP contribution is 2.37. The van der Waals surface area contributed by atoms with Crippen molar-refractivity contribution in [3.05, 3.63) is 64.6 Å². The molecule has 0 bridgehead atoms. The number of thiocarbonyl (C=S) groups is 1. The maximum Gasteiger partial charge on any atom is 0.266 e. The standard InChI is InChI=1S/C27H30N2O3S2/c1-18(2)22-10-6-7-11-23(22)28-25(30)17-32-21-14-12-19(13-15-21)16-24-26(31)29(27(33)34-24)20-8-4-3-5-9-20/h6-7,10-16,18,20H,3-5,8-9,17H2,1-2H3,(H,28,30)/b24-16-. The molecule has 1 N–H and O–H groups in total. The Morgan fingerprint density at radius 1 is 1.15 bits per heavy atom. The second-order valence-corrected chi connectivity index (χ2v) is 10.7. The van der Waals surface area contributed by atoms with Gasteiger partial charge in [-0.3, -0.25) is 14.5 Å². The molecule has 1 aliphatic carbocycles. The molecule has 2 aromatic rings. The van der Waals surface area contributed by atoms with Gasteiger partial charge < -0.3 is 10.1 Å². The largest absolute Gasteiger partial charge is 0.484 e. The first kappa shape index (κ1) is 24.5. The van der Waals surface area contributed by atoms with Gasteiger partial charge in [-0.1, -0.05) is 87.4 Å². The van der Waals surface area contributed by atoms with Crippen LogP contribution in [0, 0.1) is 0 Å². The third-order valence-corrected chi connectivity index (χ3v) is 7.50. The van der Waals surface area contributed by atoms with Crippen molar-refractivity contribution in [1.82, 2.24) is 4.90 Å². The van der Waals surface area contributed by atoms with Gasteiger partial charge in [0.1, 0.15) is 10.1 Å². The molecule has 1 saturated carbocycles. The molecule has 34 heavy (non-hydrogen) atoms.